The summed E-state index contributed by atoms with van der Waals surface area (Å²) in [6.45, 7) is 1.66. The van der Waals surface area contributed by atoms with Crippen molar-refractivity contribution in [2.45, 2.75) is 63.0 Å². The number of carbonyl (C=O) groups is 2. The maximum atomic E-state index is 14.0. The molecule has 3 aliphatic rings. The van der Waals surface area contributed by atoms with Crippen LogP contribution in [-0.4, -0.2) is 55.5 Å². The van der Waals surface area contributed by atoms with Gasteiger partial charge in [-0.15, -0.1) is 0 Å². The molecule has 1 saturated heterocycles. The van der Waals surface area contributed by atoms with Crippen LogP contribution in [0.3, 0.4) is 0 Å². The van der Waals surface area contributed by atoms with E-state index in [2.05, 4.69) is 10.7 Å². The number of methoxy groups -OCH3 is 1. The Hall–Kier alpha value is -3.56. The zero-order valence-electron chi connectivity index (χ0n) is 22.7. The fraction of sp³-hybridized carbons (Fsp3) is 0.467. The highest BCUT2D eigenvalue weighted by molar-refractivity contribution is 5.99. The van der Waals surface area contributed by atoms with Crippen LogP contribution in [-0.2, 0) is 0 Å². The number of ether oxygens (including phenoxy) is 2. The Morgan fingerprint density at radius 1 is 1.05 bits per heavy atom. The maximum absolute atomic E-state index is 14.0. The van der Waals surface area contributed by atoms with Gasteiger partial charge in [-0.25, -0.2) is 15.2 Å². The first-order chi connectivity index (χ1) is 19.0. The van der Waals surface area contributed by atoms with E-state index in [-0.39, 0.29) is 24.0 Å². The molecule has 0 aromatic heterocycles. The van der Waals surface area contributed by atoms with Crippen LogP contribution in [0.15, 0.2) is 48.7 Å². The lowest BCUT2D eigenvalue weighted by Gasteiger charge is -2.33. The highest BCUT2D eigenvalue weighted by Crippen LogP contribution is 2.38. The third-order valence-corrected chi connectivity index (χ3v) is 8.04. The molecule has 208 valence electrons. The van der Waals surface area contributed by atoms with Gasteiger partial charge in [0.25, 0.3) is 5.91 Å². The first kappa shape index (κ1) is 27.0. The van der Waals surface area contributed by atoms with E-state index in [1.165, 1.54) is 29.8 Å². The highest BCUT2D eigenvalue weighted by Gasteiger charge is 2.30. The van der Waals surface area contributed by atoms with Gasteiger partial charge in [0, 0.05) is 18.8 Å². The molecular weight excluding hydrogens is 496 g/mol. The lowest BCUT2D eigenvalue weighted by Crippen LogP contribution is -2.43. The minimum absolute atomic E-state index is 0.0876. The topological polar surface area (TPSA) is 103 Å². The van der Waals surface area contributed by atoms with Gasteiger partial charge in [0.1, 0.15) is 0 Å². The summed E-state index contributed by atoms with van der Waals surface area (Å²) in [7, 11) is 3.18. The molecule has 2 aromatic rings. The molecule has 3 N–H and O–H groups in total. The number of carbonyl (C=O) groups excluding carboxylic acids is 1. The summed E-state index contributed by atoms with van der Waals surface area (Å²) in [6, 6.07) is 11.2. The van der Waals surface area contributed by atoms with Crippen LogP contribution in [0.4, 0.5) is 10.5 Å². The monoisotopic (exact) mass is 534 g/mol. The largest absolute Gasteiger partial charge is 0.493 e. The third kappa shape index (κ3) is 5.89. The molecule has 2 heterocycles. The standard InChI is InChI=1S/C30H38N4O5/c1-33(30(36)37)25-11-5-9-23(28(25)20-14-16-31-17-15-20)29(35)34-18-6-10-24(32-34)21-12-13-26(38-2)27(19-21)39-22-7-3-4-8-22/h5-6,9,11-13,18-20,22,24,31-32H,3-4,7-8,10,14-17H2,1-2H3,(H,36,37). The van der Waals surface area contributed by atoms with Gasteiger partial charge < -0.3 is 19.9 Å². The van der Waals surface area contributed by atoms with Crippen LogP contribution in [0.2, 0.25) is 0 Å². The zero-order chi connectivity index (χ0) is 27.4. The van der Waals surface area contributed by atoms with E-state index in [1.54, 1.807) is 31.5 Å². The van der Waals surface area contributed by atoms with Gasteiger partial charge in [-0.05, 0) is 99.3 Å². The Bertz CT molecular complexity index is 1220. The SMILES string of the molecule is COc1ccc(C2CC=CN(C(=O)c3cccc(N(C)C(=O)O)c3C3CCNCC3)N2)cc1OC1CCCC1. The number of nitrogens with one attached hydrogen (secondary N) is 2. The van der Waals surface area contributed by atoms with Crippen LogP contribution in [0, 0.1) is 0 Å². The predicted octanol–water partition coefficient (Wildman–Crippen LogP) is 5.20. The number of hydrogen-bond acceptors (Lipinski definition) is 6. The molecule has 0 spiro atoms. The van der Waals surface area contributed by atoms with Gasteiger partial charge in [-0.3, -0.25) is 9.69 Å². The highest BCUT2D eigenvalue weighted by atomic mass is 16.5. The number of hydrazine groups is 1. The van der Waals surface area contributed by atoms with Crippen molar-refractivity contribution in [3.63, 3.8) is 0 Å². The predicted molar refractivity (Wildman–Crippen MR) is 149 cm³/mol. The molecular formula is C30H38N4O5. The Kier molecular flexibility index (Phi) is 8.38. The summed E-state index contributed by atoms with van der Waals surface area (Å²) in [5, 5.41) is 14.6. The fourth-order valence-corrected chi connectivity index (χ4v) is 5.90. The van der Waals surface area contributed by atoms with Crippen molar-refractivity contribution < 1.29 is 24.2 Å². The number of carboxylic acid groups (broad SMARTS) is 1. The summed E-state index contributed by atoms with van der Waals surface area (Å²) in [4.78, 5) is 27.1. The van der Waals surface area contributed by atoms with Crippen molar-refractivity contribution in [2.24, 2.45) is 0 Å². The minimum Gasteiger partial charge on any atom is -0.493 e. The fourth-order valence-electron chi connectivity index (χ4n) is 5.90. The van der Waals surface area contributed by atoms with Crippen molar-refractivity contribution in [3.05, 3.63) is 65.4 Å². The lowest BCUT2D eigenvalue weighted by atomic mass is 9.85. The Balaban J connectivity index is 1.41. The average molecular weight is 535 g/mol. The van der Waals surface area contributed by atoms with Gasteiger partial charge in [-0.1, -0.05) is 18.2 Å². The van der Waals surface area contributed by atoms with E-state index >= 15 is 0 Å². The Morgan fingerprint density at radius 3 is 2.54 bits per heavy atom. The van der Waals surface area contributed by atoms with Crippen molar-refractivity contribution in [1.82, 2.24) is 15.8 Å². The molecule has 2 fully saturated rings. The van der Waals surface area contributed by atoms with Crippen molar-refractivity contribution in [2.75, 3.05) is 32.1 Å². The molecule has 2 aliphatic heterocycles. The second-order valence-corrected chi connectivity index (χ2v) is 10.5. The second kappa shape index (κ2) is 12.1. The zero-order valence-corrected chi connectivity index (χ0v) is 22.7. The summed E-state index contributed by atoms with van der Waals surface area (Å²) >= 11 is 0. The molecule has 2 amide bonds. The number of rotatable bonds is 7. The number of nitrogens with zero attached hydrogens (tertiary/aromatic N) is 2. The molecule has 2 aromatic carbocycles. The van der Waals surface area contributed by atoms with E-state index in [0.29, 0.717) is 23.4 Å². The normalized spacial score (nSPS) is 20.2. The van der Waals surface area contributed by atoms with E-state index in [4.69, 9.17) is 9.47 Å². The van der Waals surface area contributed by atoms with E-state index in [9.17, 15) is 14.7 Å². The number of piperidine rings is 1. The first-order valence-electron chi connectivity index (χ1n) is 13.9. The van der Waals surface area contributed by atoms with Crippen LogP contribution in [0.25, 0.3) is 0 Å². The van der Waals surface area contributed by atoms with Crippen LogP contribution < -0.4 is 25.1 Å². The molecule has 0 bridgehead atoms. The molecule has 1 atom stereocenters. The quantitative estimate of drug-likeness (QED) is 0.448. The average Bonchev–Trinajstić information content (AvgIpc) is 3.49. The number of hydrogen-bond donors (Lipinski definition) is 3. The summed E-state index contributed by atoms with van der Waals surface area (Å²) in [6.07, 6.45) is 9.75. The Labute approximate surface area is 229 Å². The van der Waals surface area contributed by atoms with Crippen molar-refractivity contribution >= 4 is 17.7 Å². The number of anilines is 1. The maximum Gasteiger partial charge on any atom is 0.411 e. The van der Waals surface area contributed by atoms with Gasteiger partial charge in [0.15, 0.2) is 11.5 Å². The van der Waals surface area contributed by atoms with Crippen LogP contribution in [0.1, 0.15) is 78.4 Å². The summed E-state index contributed by atoms with van der Waals surface area (Å²) in [5.41, 5.74) is 6.26. The molecule has 0 radical (unpaired) electrons. The second-order valence-electron chi connectivity index (χ2n) is 10.5. The number of amides is 2. The molecule has 1 aliphatic carbocycles. The van der Waals surface area contributed by atoms with Gasteiger partial charge >= 0.3 is 6.09 Å². The van der Waals surface area contributed by atoms with E-state index < -0.39 is 6.09 Å². The molecule has 1 saturated carbocycles. The Morgan fingerprint density at radius 2 is 1.82 bits per heavy atom. The molecule has 9 heteroatoms. The molecule has 39 heavy (non-hydrogen) atoms. The summed E-state index contributed by atoms with van der Waals surface area (Å²) in [5.74, 6) is 1.32. The minimum atomic E-state index is -1.05. The van der Waals surface area contributed by atoms with Crippen molar-refractivity contribution in [1.29, 1.82) is 0 Å². The van der Waals surface area contributed by atoms with Crippen LogP contribution in [0.5, 0.6) is 11.5 Å². The van der Waals surface area contributed by atoms with Gasteiger partial charge in [0.2, 0.25) is 0 Å². The smallest absolute Gasteiger partial charge is 0.411 e. The van der Waals surface area contributed by atoms with Crippen LogP contribution >= 0.6 is 0 Å². The summed E-state index contributed by atoms with van der Waals surface area (Å²) < 4.78 is 11.9. The van der Waals surface area contributed by atoms with Gasteiger partial charge in [-0.2, -0.15) is 0 Å². The van der Waals surface area contributed by atoms with Gasteiger partial charge in [0.05, 0.1) is 24.9 Å². The molecule has 1 unspecified atom stereocenters. The van der Waals surface area contributed by atoms with Crippen molar-refractivity contribution in [3.8, 4) is 11.5 Å². The molecule has 5 rings (SSSR count). The first-order valence-corrected chi connectivity index (χ1v) is 13.9. The van der Waals surface area contributed by atoms with E-state index in [1.807, 2.05) is 24.3 Å². The third-order valence-electron chi connectivity index (χ3n) is 8.04. The molecule has 9 nitrogen and oxygen atoms in total. The number of benzene rings is 2. The lowest BCUT2D eigenvalue weighted by molar-refractivity contribution is 0.0711. The van der Waals surface area contributed by atoms with E-state index in [0.717, 1.165) is 55.6 Å².